The molecule has 1 rings (SSSR count). The van der Waals surface area contributed by atoms with Gasteiger partial charge in [0, 0.05) is 31.9 Å². The lowest BCUT2D eigenvalue weighted by Gasteiger charge is -2.17. The van der Waals surface area contributed by atoms with E-state index in [9.17, 15) is 4.79 Å². The van der Waals surface area contributed by atoms with Crippen LogP contribution in [0.3, 0.4) is 0 Å². The Kier molecular flexibility index (Phi) is 6.33. The Morgan fingerprint density at radius 3 is 2.84 bits per heavy atom. The molecule has 0 fully saturated rings. The Morgan fingerprint density at radius 1 is 1.47 bits per heavy atom. The summed E-state index contributed by atoms with van der Waals surface area (Å²) in [7, 11) is 1.85. The van der Waals surface area contributed by atoms with Crippen molar-refractivity contribution in [1.29, 1.82) is 0 Å². The quantitative estimate of drug-likeness (QED) is 0.822. The van der Waals surface area contributed by atoms with Crippen molar-refractivity contribution in [3.63, 3.8) is 0 Å². The number of carbonyl (C=O) groups is 1. The molecule has 0 aromatic carbocycles. The van der Waals surface area contributed by atoms with E-state index in [0.29, 0.717) is 11.5 Å². The van der Waals surface area contributed by atoms with Crippen LogP contribution in [0.5, 0.6) is 0 Å². The van der Waals surface area contributed by atoms with Crippen molar-refractivity contribution in [2.45, 2.75) is 33.6 Å². The van der Waals surface area contributed by atoms with E-state index in [4.69, 9.17) is 0 Å². The Bertz CT molecular complexity index is 404. The van der Waals surface area contributed by atoms with E-state index < -0.39 is 0 Å². The second-order valence-corrected chi connectivity index (χ2v) is 5.28. The van der Waals surface area contributed by atoms with Gasteiger partial charge in [-0.1, -0.05) is 27.2 Å². The van der Waals surface area contributed by atoms with Crippen LogP contribution in [0.15, 0.2) is 18.3 Å². The van der Waals surface area contributed by atoms with E-state index in [1.54, 1.807) is 17.2 Å². The summed E-state index contributed by atoms with van der Waals surface area (Å²) in [6.45, 7) is 8.06. The maximum Gasteiger partial charge on any atom is 0.253 e. The summed E-state index contributed by atoms with van der Waals surface area (Å²) in [5, 5.41) is 3.24. The molecular weight excluding hydrogens is 238 g/mol. The fourth-order valence-electron chi connectivity index (χ4n) is 1.69. The molecular formula is C15H25N3O. The first-order chi connectivity index (χ1) is 9.04. The summed E-state index contributed by atoms with van der Waals surface area (Å²) in [5.74, 6) is 1.38. The van der Waals surface area contributed by atoms with Crippen LogP contribution in [0.4, 0.5) is 5.82 Å². The van der Waals surface area contributed by atoms with Gasteiger partial charge in [-0.25, -0.2) is 4.98 Å². The Labute approximate surface area is 116 Å². The Hall–Kier alpha value is -1.58. The lowest BCUT2D eigenvalue weighted by atomic mass is 10.2. The highest BCUT2D eigenvalue weighted by Crippen LogP contribution is 2.10. The second-order valence-electron chi connectivity index (χ2n) is 5.28. The van der Waals surface area contributed by atoms with Gasteiger partial charge >= 0.3 is 0 Å². The SMILES string of the molecule is CCCCN(C)C(=O)c1ccnc(NCC(C)C)c1. The van der Waals surface area contributed by atoms with Crippen LogP contribution < -0.4 is 5.32 Å². The number of pyridine rings is 1. The minimum Gasteiger partial charge on any atom is -0.370 e. The number of unbranched alkanes of at least 4 members (excludes halogenated alkanes) is 1. The summed E-state index contributed by atoms with van der Waals surface area (Å²) in [6, 6.07) is 3.60. The van der Waals surface area contributed by atoms with Gasteiger partial charge in [0.2, 0.25) is 0 Å². The molecule has 0 aliphatic carbocycles. The van der Waals surface area contributed by atoms with Crippen LogP contribution in [0.1, 0.15) is 44.0 Å². The molecule has 1 amide bonds. The maximum absolute atomic E-state index is 12.2. The average Bonchev–Trinajstić information content (AvgIpc) is 2.42. The number of aromatic nitrogens is 1. The number of anilines is 1. The number of carbonyl (C=O) groups excluding carboxylic acids is 1. The molecule has 1 aromatic heterocycles. The molecule has 0 saturated carbocycles. The van der Waals surface area contributed by atoms with Gasteiger partial charge in [0.25, 0.3) is 5.91 Å². The fraction of sp³-hybridized carbons (Fsp3) is 0.600. The zero-order valence-corrected chi connectivity index (χ0v) is 12.4. The van der Waals surface area contributed by atoms with E-state index in [2.05, 4.69) is 31.1 Å². The molecule has 1 heterocycles. The third-order valence-electron chi connectivity index (χ3n) is 2.89. The highest BCUT2D eigenvalue weighted by atomic mass is 16.2. The normalized spacial score (nSPS) is 10.6. The van der Waals surface area contributed by atoms with Crippen molar-refractivity contribution >= 4 is 11.7 Å². The van der Waals surface area contributed by atoms with Gasteiger partial charge in [0.05, 0.1) is 0 Å². The molecule has 4 heteroatoms. The highest BCUT2D eigenvalue weighted by molar-refractivity contribution is 5.94. The van der Waals surface area contributed by atoms with Crippen molar-refractivity contribution in [1.82, 2.24) is 9.88 Å². The van der Waals surface area contributed by atoms with E-state index in [1.165, 1.54) is 0 Å². The van der Waals surface area contributed by atoms with Crippen LogP contribution in [0, 0.1) is 5.92 Å². The molecule has 0 bridgehead atoms. The van der Waals surface area contributed by atoms with E-state index in [-0.39, 0.29) is 5.91 Å². The number of rotatable bonds is 7. The third-order valence-corrected chi connectivity index (χ3v) is 2.89. The standard InChI is InChI=1S/C15H25N3O/c1-5-6-9-18(4)15(19)13-7-8-16-14(10-13)17-11-12(2)3/h7-8,10,12H,5-6,9,11H2,1-4H3,(H,16,17). The van der Waals surface area contributed by atoms with Gasteiger partial charge in [-0.05, 0) is 24.5 Å². The number of nitrogens with one attached hydrogen (secondary N) is 1. The average molecular weight is 263 g/mol. The van der Waals surface area contributed by atoms with Gasteiger partial charge in [-0.15, -0.1) is 0 Å². The van der Waals surface area contributed by atoms with Crippen LogP contribution in [-0.2, 0) is 0 Å². The Morgan fingerprint density at radius 2 is 2.21 bits per heavy atom. The Balaban J connectivity index is 2.67. The number of hydrogen-bond donors (Lipinski definition) is 1. The van der Waals surface area contributed by atoms with Gasteiger partial charge in [-0.3, -0.25) is 4.79 Å². The molecule has 0 aliphatic rings. The van der Waals surface area contributed by atoms with E-state index >= 15 is 0 Å². The number of amides is 1. The zero-order chi connectivity index (χ0) is 14.3. The van der Waals surface area contributed by atoms with Crippen LogP contribution in [0.25, 0.3) is 0 Å². The predicted molar refractivity (Wildman–Crippen MR) is 79.4 cm³/mol. The highest BCUT2D eigenvalue weighted by Gasteiger charge is 2.11. The molecule has 19 heavy (non-hydrogen) atoms. The molecule has 4 nitrogen and oxygen atoms in total. The van der Waals surface area contributed by atoms with Crippen molar-refractivity contribution < 1.29 is 4.79 Å². The van der Waals surface area contributed by atoms with Crippen molar-refractivity contribution in [3.05, 3.63) is 23.9 Å². The minimum absolute atomic E-state index is 0.0587. The summed E-state index contributed by atoms with van der Waals surface area (Å²) in [6.07, 6.45) is 3.81. The van der Waals surface area contributed by atoms with Crippen LogP contribution in [-0.4, -0.2) is 35.9 Å². The lowest BCUT2D eigenvalue weighted by molar-refractivity contribution is 0.0793. The lowest BCUT2D eigenvalue weighted by Crippen LogP contribution is -2.27. The molecule has 1 N–H and O–H groups in total. The molecule has 0 unspecified atom stereocenters. The predicted octanol–water partition coefficient (Wildman–Crippen LogP) is 3.02. The van der Waals surface area contributed by atoms with E-state index in [1.807, 2.05) is 13.1 Å². The first-order valence-corrected chi connectivity index (χ1v) is 7.00. The fourth-order valence-corrected chi connectivity index (χ4v) is 1.69. The molecule has 0 spiro atoms. The van der Waals surface area contributed by atoms with Gasteiger partial charge in [0.15, 0.2) is 0 Å². The minimum atomic E-state index is 0.0587. The van der Waals surface area contributed by atoms with Crippen LogP contribution >= 0.6 is 0 Å². The number of nitrogens with zero attached hydrogens (tertiary/aromatic N) is 2. The molecule has 1 aromatic rings. The summed E-state index contributed by atoms with van der Waals surface area (Å²) in [5.41, 5.74) is 0.694. The summed E-state index contributed by atoms with van der Waals surface area (Å²) in [4.78, 5) is 18.2. The molecule has 0 radical (unpaired) electrons. The molecule has 0 saturated heterocycles. The van der Waals surface area contributed by atoms with Crippen LogP contribution in [0.2, 0.25) is 0 Å². The molecule has 0 aliphatic heterocycles. The third kappa shape index (κ3) is 5.28. The summed E-state index contributed by atoms with van der Waals surface area (Å²) >= 11 is 0. The smallest absolute Gasteiger partial charge is 0.253 e. The second kappa shape index (κ2) is 7.77. The number of hydrogen-bond acceptors (Lipinski definition) is 3. The summed E-state index contributed by atoms with van der Waals surface area (Å²) < 4.78 is 0. The van der Waals surface area contributed by atoms with Gasteiger partial charge in [0.1, 0.15) is 5.82 Å². The first kappa shape index (κ1) is 15.5. The largest absolute Gasteiger partial charge is 0.370 e. The topological polar surface area (TPSA) is 45.2 Å². The van der Waals surface area contributed by atoms with Crippen molar-refractivity contribution in [2.75, 3.05) is 25.5 Å². The van der Waals surface area contributed by atoms with Crippen molar-refractivity contribution in [2.24, 2.45) is 5.92 Å². The first-order valence-electron chi connectivity index (χ1n) is 7.00. The monoisotopic (exact) mass is 263 g/mol. The van der Waals surface area contributed by atoms with E-state index in [0.717, 1.165) is 31.7 Å². The maximum atomic E-state index is 12.2. The zero-order valence-electron chi connectivity index (χ0n) is 12.4. The molecule has 106 valence electrons. The van der Waals surface area contributed by atoms with Gasteiger partial charge < -0.3 is 10.2 Å². The van der Waals surface area contributed by atoms with Crippen molar-refractivity contribution in [3.8, 4) is 0 Å². The van der Waals surface area contributed by atoms with Gasteiger partial charge in [-0.2, -0.15) is 0 Å². The molecule has 0 atom stereocenters.